The number of para-hydroxylation sites is 1. The fraction of sp³-hybridized carbons (Fsp3) is 0.463. The summed E-state index contributed by atoms with van der Waals surface area (Å²) in [6.45, 7) is 7.85. The van der Waals surface area contributed by atoms with Crippen LogP contribution < -0.4 is 26.0 Å². The smallest absolute Gasteiger partial charge is 0.433 e. The van der Waals surface area contributed by atoms with Crippen molar-refractivity contribution in [3.8, 4) is 5.75 Å². The number of pyridine rings is 1. The summed E-state index contributed by atoms with van der Waals surface area (Å²) in [6.07, 6.45) is 1.69. The van der Waals surface area contributed by atoms with Gasteiger partial charge in [-0.05, 0) is 82.2 Å². The van der Waals surface area contributed by atoms with Gasteiger partial charge in [-0.1, -0.05) is 12.1 Å². The summed E-state index contributed by atoms with van der Waals surface area (Å²) in [5, 5.41) is 10.6. The third-order valence-corrected chi connectivity index (χ3v) is 12.1. The average molecular weight is 802 g/mol. The molecule has 1 aliphatic carbocycles. The molecule has 2 aliphatic heterocycles. The number of rotatable bonds is 8. The second-order valence-corrected chi connectivity index (χ2v) is 16.3. The number of methoxy groups -OCH3 is 1. The minimum absolute atomic E-state index is 0.161. The lowest BCUT2D eigenvalue weighted by molar-refractivity contribution is -0.141. The first-order chi connectivity index (χ1) is 27.6. The van der Waals surface area contributed by atoms with E-state index in [9.17, 15) is 32.3 Å². The number of nitrogens with zero attached hydrogens (tertiary/aromatic N) is 7. The molecule has 1 saturated carbocycles. The molecule has 306 valence electrons. The van der Waals surface area contributed by atoms with Gasteiger partial charge in [0.15, 0.2) is 0 Å². The van der Waals surface area contributed by atoms with Gasteiger partial charge in [0.1, 0.15) is 23.2 Å². The first kappa shape index (κ1) is 39.1. The Labute approximate surface area is 331 Å². The molecule has 1 unspecified atom stereocenters. The van der Waals surface area contributed by atoms with E-state index in [0.717, 1.165) is 80.6 Å². The van der Waals surface area contributed by atoms with Crippen LogP contribution in [0, 0.1) is 5.92 Å². The number of hydrogen-bond donors (Lipinski definition) is 2. The zero-order valence-electron chi connectivity index (χ0n) is 32.8. The van der Waals surface area contributed by atoms with Gasteiger partial charge in [0.2, 0.25) is 11.8 Å². The summed E-state index contributed by atoms with van der Waals surface area (Å²) in [7, 11) is 3.19. The molecule has 5 aromatic rings. The standard InChI is InChI=1S/C41H46F3N9O5/c1-40(2)23-50(30-8-6-9-31-36(30)49(3)39(57)53(31)32-15-16-35(54)47-38(32)56)17-18-51(40)21-24-11-13-26(14-12-24)52-22-25-19-29(33(58-4)20-28(25)48-52)46-37(55)27-7-5-10-34(45-27)41(42,43)44/h5-10,19-20,22,24,26,32H,11-18,21,23H2,1-4H3,(H,46,55)(H,47,54,56). The van der Waals surface area contributed by atoms with Crippen LogP contribution in [0.25, 0.3) is 21.9 Å². The first-order valence-corrected chi connectivity index (χ1v) is 19.6. The summed E-state index contributed by atoms with van der Waals surface area (Å²) < 4.78 is 50.2. The molecule has 3 aromatic heterocycles. The number of piperazine rings is 1. The van der Waals surface area contributed by atoms with Crippen molar-refractivity contribution in [1.29, 1.82) is 0 Å². The Bertz CT molecular complexity index is 2480. The Balaban J connectivity index is 0.910. The Morgan fingerprint density at radius 3 is 2.48 bits per heavy atom. The monoisotopic (exact) mass is 801 g/mol. The van der Waals surface area contributed by atoms with Crippen molar-refractivity contribution in [2.45, 2.75) is 76.2 Å². The zero-order chi connectivity index (χ0) is 41.1. The van der Waals surface area contributed by atoms with Crippen LogP contribution >= 0.6 is 0 Å². The van der Waals surface area contributed by atoms with Crippen molar-refractivity contribution in [2.75, 3.05) is 43.5 Å². The molecular weight excluding hydrogens is 756 g/mol. The van der Waals surface area contributed by atoms with Gasteiger partial charge in [-0.2, -0.15) is 18.3 Å². The van der Waals surface area contributed by atoms with Crippen LogP contribution in [0.2, 0.25) is 0 Å². The van der Waals surface area contributed by atoms with E-state index in [-0.39, 0.29) is 41.7 Å². The van der Waals surface area contributed by atoms with Crippen LogP contribution in [0.4, 0.5) is 24.5 Å². The molecule has 2 saturated heterocycles. The van der Waals surface area contributed by atoms with Crippen molar-refractivity contribution in [3.63, 3.8) is 0 Å². The second-order valence-electron chi connectivity index (χ2n) is 16.3. The first-order valence-electron chi connectivity index (χ1n) is 19.6. The van der Waals surface area contributed by atoms with Crippen molar-refractivity contribution >= 4 is 51.0 Å². The second kappa shape index (κ2) is 14.9. The maximum Gasteiger partial charge on any atom is 0.433 e. The lowest BCUT2D eigenvalue weighted by atomic mass is 9.84. The molecule has 58 heavy (non-hydrogen) atoms. The van der Waals surface area contributed by atoms with E-state index in [1.54, 1.807) is 23.7 Å². The number of benzene rings is 2. The Kier molecular flexibility index (Phi) is 10.1. The molecule has 5 heterocycles. The molecule has 8 rings (SSSR count). The third kappa shape index (κ3) is 7.31. The van der Waals surface area contributed by atoms with E-state index in [1.807, 2.05) is 29.1 Å². The highest BCUT2D eigenvalue weighted by Crippen LogP contribution is 2.38. The van der Waals surface area contributed by atoms with Gasteiger partial charge in [-0.15, -0.1) is 0 Å². The van der Waals surface area contributed by atoms with Gasteiger partial charge in [-0.25, -0.2) is 9.78 Å². The number of anilines is 2. The third-order valence-electron chi connectivity index (χ3n) is 12.1. The number of aromatic nitrogens is 5. The van der Waals surface area contributed by atoms with Crippen molar-refractivity contribution in [3.05, 3.63) is 76.6 Å². The quantitative estimate of drug-likeness (QED) is 0.189. The molecule has 0 spiro atoms. The summed E-state index contributed by atoms with van der Waals surface area (Å²) in [5.74, 6) is -0.722. The minimum atomic E-state index is -4.67. The number of ether oxygens (including phenoxy) is 1. The number of amides is 3. The topological polar surface area (TPSA) is 149 Å². The van der Waals surface area contributed by atoms with Crippen LogP contribution in [0.3, 0.4) is 0 Å². The van der Waals surface area contributed by atoms with E-state index in [1.165, 1.54) is 17.7 Å². The highest BCUT2D eigenvalue weighted by molar-refractivity contribution is 6.05. The number of alkyl halides is 3. The van der Waals surface area contributed by atoms with E-state index >= 15 is 0 Å². The van der Waals surface area contributed by atoms with Crippen molar-refractivity contribution in [1.82, 2.24) is 34.1 Å². The molecule has 3 amide bonds. The number of carbonyl (C=O) groups is 3. The van der Waals surface area contributed by atoms with Crippen LogP contribution in [-0.4, -0.2) is 85.3 Å². The highest BCUT2D eigenvalue weighted by Gasteiger charge is 2.38. The number of imidazole rings is 1. The van der Waals surface area contributed by atoms with E-state index < -0.39 is 29.7 Å². The normalized spacial score (nSPS) is 21.7. The maximum atomic E-state index is 13.5. The number of imide groups is 1. The molecule has 17 heteroatoms. The minimum Gasteiger partial charge on any atom is -0.494 e. The fourth-order valence-electron chi connectivity index (χ4n) is 8.97. The SMILES string of the molecule is COc1cc2nn(C3CCC(CN4CCN(c5cccc6c5n(C)c(=O)n6C5CCC(=O)NC5=O)CC4(C)C)CC3)cc2cc1NC(=O)c1cccc(C(F)(F)F)n1. The molecule has 1 atom stereocenters. The Hall–Kier alpha value is -5.71. The maximum absolute atomic E-state index is 13.5. The predicted octanol–water partition coefficient (Wildman–Crippen LogP) is 5.67. The lowest BCUT2D eigenvalue weighted by Gasteiger charge is -2.49. The summed E-state index contributed by atoms with van der Waals surface area (Å²) >= 11 is 0. The van der Waals surface area contributed by atoms with E-state index in [0.29, 0.717) is 28.4 Å². The number of aryl methyl sites for hydroxylation is 1. The van der Waals surface area contributed by atoms with Gasteiger partial charge in [0.25, 0.3) is 5.91 Å². The molecule has 0 radical (unpaired) electrons. The summed E-state index contributed by atoms with van der Waals surface area (Å²) in [6, 6.07) is 11.9. The van der Waals surface area contributed by atoms with Gasteiger partial charge in [0.05, 0.1) is 41.1 Å². The number of fused-ring (bicyclic) bond motifs is 2. The lowest BCUT2D eigenvalue weighted by Crippen LogP contribution is -2.60. The van der Waals surface area contributed by atoms with Crippen LogP contribution in [-0.2, 0) is 22.8 Å². The number of halogens is 3. The van der Waals surface area contributed by atoms with Crippen LogP contribution in [0.5, 0.6) is 5.75 Å². The number of piperidine rings is 1. The Morgan fingerprint density at radius 1 is 1.02 bits per heavy atom. The van der Waals surface area contributed by atoms with E-state index in [2.05, 4.69) is 39.3 Å². The summed E-state index contributed by atoms with van der Waals surface area (Å²) in [5.41, 5.74) is 1.43. The van der Waals surface area contributed by atoms with Crippen LogP contribution in [0.15, 0.2) is 59.5 Å². The zero-order valence-corrected chi connectivity index (χ0v) is 32.8. The Morgan fingerprint density at radius 2 is 1.78 bits per heavy atom. The number of hydrogen-bond acceptors (Lipinski definition) is 9. The number of carbonyl (C=O) groups excluding carboxylic acids is 3. The van der Waals surface area contributed by atoms with Gasteiger partial charge in [0, 0.05) is 62.8 Å². The predicted molar refractivity (Wildman–Crippen MR) is 211 cm³/mol. The van der Waals surface area contributed by atoms with Gasteiger partial charge in [-0.3, -0.25) is 38.4 Å². The molecule has 0 bridgehead atoms. The van der Waals surface area contributed by atoms with Gasteiger partial charge < -0.3 is 15.0 Å². The van der Waals surface area contributed by atoms with Crippen molar-refractivity contribution in [2.24, 2.45) is 13.0 Å². The number of nitrogens with one attached hydrogen (secondary N) is 2. The molecule has 3 fully saturated rings. The van der Waals surface area contributed by atoms with Crippen LogP contribution in [0.1, 0.15) is 80.6 Å². The highest BCUT2D eigenvalue weighted by atomic mass is 19.4. The van der Waals surface area contributed by atoms with E-state index in [4.69, 9.17) is 9.84 Å². The molecule has 3 aliphatic rings. The largest absolute Gasteiger partial charge is 0.494 e. The fourth-order valence-corrected chi connectivity index (χ4v) is 8.97. The average Bonchev–Trinajstić information content (AvgIpc) is 3.72. The molecule has 14 nitrogen and oxygen atoms in total. The van der Waals surface area contributed by atoms with Crippen molar-refractivity contribution < 1.29 is 32.3 Å². The molecule has 2 aromatic carbocycles. The molecular formula is C41H46F3N9O5. The summed E-state index contributed by atoms with van der Waals surface area (Å²) in [4.78, 5) is 59.5. The molecule has 2 N–H and O–H groups in total. The van der Waals surface area contributed by atoms with Gasteiger partial charge >= 0.3 is 11.9 Å².